The van der Waals surface area contributed by atoms with E-state index in [2.05, 4.69) is 28.2 Å². The molecular weight excluding hydrogens is 214 g/mol. The molecule has 1 aromatic heterocycles. The molecule has 1 aliphatic rings. The molecule has 0 aliphatic carbocycles. The summed E-state index contributed by atoms with van der Waals surface area (Å²) >= 11 is 0. The predicted molar refractivity (Wildman–Crippen MR) is 69.0 cm³/mol. The van der Waals surface area contributed by atoms with Crippen molar-refractivity contribution in [3.8, 4) is 0 Å². The van der Waals surface area contributed by atoms with Crippen LogP contribution in [0.15, 0.2) is 18.3 Å². The summed E-state index contributed by atoms with van der Waals surface area (Å²) in [4.78, 5) is 6.77. The second-order valence-electron chi connectivity index (χ2n) is 4.55. The highest BCUT2D eigenvalue weighted by atomic mass is 16.3. The van der Waals surface area contributed by atoms with E-state index >= 15 is 0 Å². The molecule has 0 saturated carbocycles. The summed E-state index contributed by atoms with van der Waals surface area (Å²) in [6.07, 6.45) is 2.91. The van der Waals surface area contributed by atoms with Gasteiger partial charge in [-0.3, -0.25) is 0 Å². The van der Waals surface area contributed by atoms with Crippen LogP contribution in [0.5, 0.6) is 0 Å². The van der Waals surface area contributed by atoms with E-state index in [4.69, 9.17) is 0 Å². The van der Waals surface area contributed by atoms with E-state index in [0.717, 1.165) is 38.4 Å². The van der Waals surface area contributed by atoms with Crippen molar-refractivity contribution in [2.75, 3.05) is 31.1 Å². The summed E-state index contributed by atoms with van der Waals surface area (Å²) < 4.78 is 0. The van der Waals surface area contributed by atoms with E-state index in [1.165, 1.54) is 5.56 Å². The van der Waals surface area contributed by atoms with Crippen molar-refractivity contribution >= 4 is 5.82 Å². The van der Waals surface area contributed by atoms with Gasteiger partial charge in [-0.1, -0.05) is 13.0 Å². The minimum atomic E-state index is 0.284. The molecule has 2 N–H and O–H groups in total. The molecule has 1 unspecified atom stereocenters. The summed E-state index contributed by atoms with van der Waals surface area (Å²) in [5.74, 6) is 1.48. The number of hydrogen-bond donors (Lipinski definition) is 2. The molecule has 1 saturated heterocycles. The summed E-state index contributed by atoms with van der Waals surface area (Å²) in [5, 5.41) is 12.5. The third kappa shape index (κ3) is 2.96. The predicted octanol–water partition coefficient (Wildman–Crippen LogP) is 1.01. The lowest BCUT2D eigenvalue weighted by Gasteiger charge is -2.20. The number of aromatic nitrogens is 1. The third-order valence-electron chi connectivity index (χ3n) is 3.28. The van der Waals surface area contributed by atoms with Crippen LogP contribution in [-0.4, -0.2) is 36.3 Å². The Bertz CT molecular complexity index is 356. The Balaban J connectivity index is 2.09. The maximum atomic E-state index is 9.18. The molecule has 1 atom stereocenters. The van der Waals surface area contributed by atoms with Crippen LogP contribution < -0.4 is 10.2 Å². The lowest BCUT2D eigenvalue weighted by molar-refractivity contribution is 0.238. The summed E-state index contributed by atoms with van der Waals surface area (Å²) in [6.45, 7) is 6.14. The molecule has 17 heavy (non-hydrogen) atoms. The molecule has 0 aromatic carbocycles. The molecule has 1 fully saturated rings. The van der Waals surface area contributed by atoms with Gasteiger partial charge in [0.15, 0.2) is 0 Å². The quantitative estimate of drug-likeness (QED) is 0.799. The minimum Gasteiger partial charge on any atom is -0.396 e. The van der Waals surface area contributed by atoms with Gasteiger partial charge in [0.05, 0.1) is 0 Å². The van der Waals surface area contributed by atoms with Crippen LogP contribution in [0.25, 0.3) is 0 Å². The van der Waals surface area contributed by atoms with E-state index < -0.39 is 0 Å². The van der Waals surface area contributed by atoms with Crippen LogP contribution in [0.2, 0.25) is 0 Å². The van der Waals surface area contributed by atoms with Gasteiger partial charge in [0.2, 0.25) is 0 Å². The first-order valence-electron chi connectivity index (χ1n) is 6.35. The zero-order valence-electron chi connectivity index (χ0n) is 10.4. The molecule has 4 heteroatoms. The molecule has 0 amide bonds. The molecule has 0 spiro atoms. The monoisotopic (exact) mass is 235 g/mol. The Morgan fingerprint density at radius 2 is 2.47 bits per heavy atom. The van der Waals surface area contributed by atoms with Crippen molar-refractivity contribution in [1.29, 1.82) is 0 Å². The first-order valence-corrected chi connectivity index (χ1v) is 6.35. The molecule has 0 bridgehead atoms. The number of rotatable bonds is 5. The zero-order valence-corrected chi connectivity index (χ0v) is 10.4. The zero-order chi connectivity index (χ0) is 12.1. The van der Waals surface area contributed by atoms with Gasteiger partial charge < -0.3 is 15.3 Å². The number of pyridine rings is 1. The molecule has 2 heterocycles. The largest absolute Gasteiger partial charge is 0.396 e. The average molecular weight is 235 g/mol. The summed E-state index contributed by atoms with van der Waals surface area (Å²) in [6, 6.07) is 4.10. The Morgan fingerprint density at radius 3 is 3.18 bits per heavy atom. The fourth-order valence-electron chi connectivity index (χ4n) is 2.29. The lowest BCUT2D eigenvalue weighted by Crippen LogP contribution is -2.24. The fraction of sp³-hybridized carbons (Fsp3) is 0.615. The maximum absolute atomic E-state index is 9.18. The average Bonchev–Trinajstić information content (AvgIpc) is 2.85. The number of anilines is 1. The second-order valence-corrected chi connectivity index (χ2v) is 4.55. The summed E-state index contributed by atoms with van der Waals surface area (Å²) in [7, 11) is 0. The van der Waals surface area contributed by atoms with E-state index in [-0.39, 0.29) is 6.61 Å². The Morgan fingerprint density at radius 1 is 1.59 bits per heavy atom. The van der Waals surface area contributed by atoms with Crippen LogP contribution >= 0.6 is 0 Å². The number of nitrogens with one attached hydrogen (secondary N) is 1. The lowest BCUT2D eigenvalue weighted by atomic mass is 10.1. The first-order chi connectivity index (χ1) is 8.35. The summed E-state index contributed by atoms with van der Waals surface area (Å²) in [5.41, 5.74) is 1.24. The van der Waals surface area contributed by atoms with E-state index in [1.807, 2.05) is 12.3 Å². The van der Waals surface area contributed by atoms with E-state index in [9.17, 15) is 5.11 Å². The Kier molecular flexibility index (Phi) is 4.34. The number of aliphatic hydroxyl groups excluding tert-OH is 1. The van der Waals surface area contributed by atoms with Crippen LogP contribution in [0.4, 0.5) is 5.82 Å². The van der Waals surface area contributed by atoms with Crippen LogP contribution in [0, 0.1) is 5.92 Å². The van der Waals surface area contributed by atoms with Crippen molar-refractivity contribution in [3.63, 3.8) is 0 Å². The van der Waals surface area contributed by atoms with Gasteiger partial charge in [-0.15, -0.1) is 0 Å². The number of nitrogens with zero attached hydrogens (tertiary/aromatic N) is 2. The third-order valence-corrected chi connectivity index (χ3v) is 3.28. The highest BCUT2D eigenvalue weighted by molar-refractivity contribution is 5.47. The molecule has 4 nitrogen and oxygen atoms in total. The van der Waals surface area contributed by atoms with Crippen LogP contribution in [0.3, 0.4) is 0 Å². The maximum Gasteiger partial charge on any atom is 0.133 e. The first kappa shape index (κ1) is 12.3. The van der Waals surface area contributed by atoms with Crippen molar-refractivity contribution < 1.29 is 5.11 Å². The number of aliphatic hydroxyl groups is 1. The van der Waals surface area contributed by atoms with Gasteiger partial charge >= 0.3 is 0 Å². The molecule has 0 radical (unpaired) electrons. The highest BCUT2D eigenvalue weighted by Crippen LogP contribution is 2.24. The normalized spacial score (nSPS) is 19.9. The van der Waals surface area contributed by atoms with Crippen molar-refractivity contribution in [3.05, 3.63) is 23.9 Å². The smallest absolute Gasteiger partial charge is 0.133 e. The van der Waals surface area contributed by atoms with Crippen LogP contribution in [-0.2, 0) is 6.54 Å². The minimum absolute atomic E-state index is 0.284. The van der Waals surface area contributed by atoms with Gasteiger partial charge in [-0.25, -0.2) is 4.98 Å². The molecule has 94 valence electrons. The van der Waals surface area contributed by atoms with Crippen LogP contribution in [0.1, 0.15) is 18.9 Å². The Hall–Kier alpha value is -1.13. The van der Waals surface area contributed by atoms with Crippen molar-refractivity contribution in [1.82, 2.24) is 10.3 Å². The fourth-order valence-corrected chi connectivity index (χ4v) is 2.29. The van der Waals surface area contributed by atoms with Gasteiger partial charge in [0.1, 0.15) is 5.82 Å². The van der Waals surface area contributed by atoms with Crippen molar-refractivity contribution in [2.45, 2.75) is 19.9 Å². The van der Waals surface area contributed by atoms with Gasteiger partial charge in [-0.05, 0) is 19.0 Å². The molecule has 1 aliphatic heterocycles. The second kappa shape index (κ2) is 5.98. The molecule has 2 rings (SSSR count). The van der Waals surface area contributed by atoms with E-state index in [0.29, 0.717) is 5.92 Å². The topological polar surface area (TPSA) is 48.4 Å². The standard InChI is InChI=1S/C13H21N3O/c1-2-14-8-12-4-3-6-15-13(12)16-7-5-11(9-16)10-17/h3-4,6,11,14,17H,2,5,7-10H2,1H3. The van der Waals surface area contributed by atoms with Gasteiger partial charge in [-0.2, -0.15) is 0 Å². The molecular formula is C13H21N3O. The van der Waals surface area contributed by atoms with E-state index in [1.54, 1.807) is 0 Å². The highest BCUT2D eigenvalue weighted by Gasteiger charge is 2.24. The number of hydrogen-bond acceptors (Lipinski definition) is 4. The van der Waals surface area contributed by atoms with Gasteiger partial charge in [0.25, 0.3) is 0 Å². The SMILES string of the molecule is CCNCc1cccnc1N1CCC(CO)C1. The van der Waals surface area contributed by atoms with Gasteiger partial charge in [0, 0.05) is 43.9 Å². The Labute approximate surface area is 103 Å². The molecule has 1 aromatic rings. The van der Waals surface area contributed by atoms with Crippen molar-refractivity contribution in [2.24, 2.45) is 5.92 Å².